The van der Waals surface area contributed by atoms with Crippen molar-refractivity contribution in [1.82, 2.24) is 0 Å². The second kappa shape index (κ2) is 13.9. The Morgan fingerprint density at radius 3 is 2.26 bits per heavy atom. The molecule has 0 aliphatic rings. The van der Waals surface area contributed by atoms with Crippen LogP contribution in [0.15, 0.2) is 35.4 Å². The molecule has 0 aliphatic heterocycles. The summed E-state index contributed by atoms with van der Waals surface area (Å²) in [4.78, 5) is 10.9. The number of carbonyl (C=O) groups is 1. The van der Waals surface area contributed by atoms with E-state index in [-0.39, 0.29) is 23.7 Å². The fourth-order valence-corrected chi connectivity index (χ4v) is 2.53. The maximum absolute atomic E-state index is 10.9. The molecule has 5 heteroatoms. The normalized spacial score (nSPS) is 10.8. The topological polar surface area (TPSA) is 98.0 Å². The van der Waals surface area contributed by atoms with Crippen LogP contribution in [-0.2, 0) is 6.42 Å². The maximum atomic E-state index is 10.9. The molecular formula is C22H34O5. The number of aromatic hydroxyl groups is 2. The van der Waals surface area contributed by atoms with E-state index in [4.69, 9.17) is 10.2 Å². The Morgan fingerprint density at radius 1 is 1.07 bits per heavy atom. The molecule has 27 heavy (non-hydrogen) atoms. The number of hydrogen-bond donors (Lipinski definition) is 4. The summed E-state index contributed by atoms with van der Waals surface area (Å²) in [6, 6.07) is 2.45. The smallest absolute Gasteiger partial charge is 0.339 e. The van der Waals surface area contributed by atoms with Crippen LogP contribution >= 0.6 is 0 Å². The van der Waals surface area contributed by atoms with E-state index in [1.54, 1.807) is 0 Å². The minimum absolute atomic E-state index is 0.103. The third-order valence-electron chi connectivity index (χ3n) is 3.98. The van der Waals surface area contributed by atoms with Crippen molar-refractivity contribution in [2.24, 2.45) is 0 Å². The van der Waals surface area contributed by atoms with Gasteiger partial charge in [0, 0.05) is 6.07 Å². The summed E-state index contributed by atoms with van der Waals surface area (Å²) >= 11 is 0. The number of hydrogen-bond acceptors (Lipinski definition) is 4. The molecular weight excluding hydrogens is 344 g/mol. The second-order valence-electron chi connectivity index (χ2n) is 6.81. The molecule has 4 N–H and O–H groups in total. The van der Waals surface area contributed by atoms with Crippen molar-refractivity contribution in [2.45, 2.75) is 66.2 Å². The van der Waals surface area contributed by atoms with Gasteiger partial charge in [0.1, 0.15) is 17.1 Å². The molecule has 1 aromatic carbocycles. The van der Waals surface area contributed by atoms with Crippen molar-refractivity contribution in [2.75, 3.05) is 6.61 Å². The van der Waals surface area contributed by atoms with E-state index in [1.807, 2.05) is 6.08 Å². The predicted molar refractivity (Wildman–Crippen MR) is 109 cm³/mol. The highest BCUT2D eigenvalue weighted by atomic mass is 16.4. The monoisotopic (exact) mass is 378 g/mol. The molecule has 0 amide bonds. The Kier molecular flexibility index (Phi) is 12.7. The first kappa shape index (κ1) is 24.7. The lowest BCUT2D eigenvalue weighted by atomic mass is 10.00. The van der Waals surface area contributed by atoms with Crippen LogP contribution in [0.2, 0.25) is 0 Å². The largest absolute Gasteiger partial charge is 0.508 e. The third-order valence-corrected chi connectivity index (χ3v) is 3.98. The Hall–Kier alpha value is -2.27. The number of allylic oxidation sites excluding steroid dienone is 3. The predicted octanol–water partition coefficient (Wildman–Crippen LogP) is 5.20. The lowest BCUT2D eigenvalue weighted by Crippen LogP contribution is -2.03. The van der Waals surface area contributed by atoms with Gasteiger partial charge in [-0.25, -0.2) is 4.79 Å². The van der Waals surface area contributed by atoms with Gasteiger partial charge in [-0.2, -0.15) is 0 Å². The zero-order valence-corrected chi connectivity index (χ0v) is 17.0. The van der Waals surface area contributed by atoms with Crippen molar-refractivity contribution in [3.63, 3.8) is 0 Å². The molecule has 0 saturated heterocycles. The quantitative estimate of drug-likeness (QED) is 0.350. The molecule has 0 aliphatic carbocycles. The van der Waals surface area contributed by atoms with E-state index < -0.39 is 5.97 Å². The highest BCUT2D eigenvalue weighted by Crippen LogP contribution is 2.28. The van der Waals surface area contributed by atoms with E-state index in [2.05, 4.69) is 33.8 Å². The number of aliphatic hydroxyl groups is 1. The zero-order valence-electron chi connectivity index (χ0n) is 17.0. The van der Waals surface area contributed by atoms with Gasteiger partial charge >= 0.3 is 5.97 Å². The van der Waals surface area contributed by atoms with E-state index in [0.29, 0.717) is 12.0 Å². The molecule has 1 aromatic rings. The van der Waals surface area contributed by atoms with Crippen LogP contribution in [0.1, 0.15) is 75.7 Å². The van der Waals surface area contributed by atoms with Crippen molar-refractivity contribution >= 4 is 5.97 Å². The number of unbranched alkanes of at least 4 members (excludes halogenated alkanes) is 2. The molecule has 0 heterocycles. The Labute approximate surface area is 162 Å². The standard InChI is InChI=1S/C12H16O4.C10H18O/c1-2-3-4-5-8-6-9(13)7-10(14)11(8)12(15)16;1-9(2)5-4-6-10(3)7-8-11/h6-7,13-14H,2-5H2,1H3,(H,15,16);5,7,11H,4,6,8H2,1-3H3/b;10-7+. The average Bonchev–Trinajstić information content (AvgIpc) is 2.54. The zero-order chi connectivity index (χ0) is 20.8. The van der Waals surface area contributed by atoms with Gasteiger partial charge < -0.3 is 20.4 Å². The summed E-state index contributed by atoms with van der Waals surface area (Å²) in [5, 5.41) is 36.3. The molecule has 0 saturated carbocycles. The van der Waals surface area contributed by atoms with Gasteiger partial charge in [-0.1, -0.05) is 43.1 Å². The van der Waals surface area contributed by atoms with Crippen LogP contribution in [0.4, 0.5) is 0 Å². The van der Waals surface area contributed by atoms with E-state index in [1.165, 1.54) is 17.2 Å². The van der Waals surface area contributed by atoms with Gasteiger partial charge in [0.05, 0.1) is 6.61 Å². The van der Waals surface area contributed by atoms with Crippen LogP contribution in [0.25, 0.3) is 0 Å². The molecule has 0 aromatic heterocycles. The summed E-state index contributed by atoms with van der Waals surface area (Å²) in [5.41, 5.74) is 3.01. The van der Waals surface area contributed by atoms with Crippen LogP contribution in [-0.4, -0.2) is 33.0 Å². The van der Waals surface area contributed by atoms with Crippen LogP contribution in [0.3, 0.4) is 0 Å². The number of aromatic carboxylic acids is 1. The molecule has 152 valence electrons. The maximum Gasteiger partial charge on any atom is 0.339 e. The van der Waals surface area contributed by atoms with Crippen LogP contribution < -0.4 is 0 Å². The molecule has 0 spiro atoms. The lowest BCUT2D eigenvalue weighted by Gasteiger charge is -2.08. The number of phenols is 2. The molecule has 0 radical (unpaired) electrons. The number of aliphatic hydroxyl groups excluding tert-OH is 1. The van der Waals surface area contributed by atoms with E-state index in [9.17, 15) is 15.0 Å². The first-order chi connectivity index (χ1) is 12.7. The van der Waals surface area contributed by atoms with Crippen LogP contribution in [0, 0.1) is 0 Å². The number of aryl methyl sites for hydroxylation is 1. The first-order valence-corrected chi connectivity index (χ1v) is 9.40. The van der Waals surface area contributed by atoms with E-state index in [0.717, 1.165) is 38.2 Å². The third kappa shape index (κ3) is 11.1. The summed E-state index contributed by atoms with van der Waals surface area (Å²) in [7, 11) is 0. The number of rotatable bonds is 9. The number of phenolic OH excluding ortho intramolecular Hbond substituents is 1. The summed E-state index contributed by atoms with van der Waals surface area (Å²) in [6.45, 7) is 8.48. The molecule has 0 bridgehead atoms. The van der Waals surface area contributed by atoms with Gasteiger partial charge in [-0.3, -0.25) is 0 Å². The fourth-order valence-electron chi connectivity index (χ4n) is 2.53. The van der Waals surface area contributed by atoms with Crippen molar-refractivity contribution < 1.29 is 25.2 Å². The fraction of sp³-hybridized carbons (Fsp3) is 0.500. The average molecular weight is 379 g/mol. The SMILES string of the molecule is CC(C)=CCC/C(C)=C/CO.CCCCCc1cc(O)cc(O)c1C(=O)O. The van der Waals surface area contributed by atoms with Crippen molar-refractivity contribution in [3.05, 3.63) is 46.6 Å². The minimum Gasteiger partial charge on any atom is -0.508 e. The number of benzene rings is 1. The van der Waals surface area contributed by atoms with Gasteiger partial charge in [-0.05, 0) is 58.1 Å². The minimum atomic E-state index is -1.16. The Balaban J connectivity index is 0.000000541. The van der Waals surface area contributed by atoms with Gasteiger partial charge in [-0.15, -0.1) is 0 Å². The van der Waals surface area contributed by atoms with Crippen molar-refractivity contribution in [1.29, 1.82) is 0 Å². The number of carboxylic acid groups (broad SMARTS) is 1. The first-order valence-electron chi connectivity index (χ1n) is 9.40. The molecule has 0 atom stereocenters. The van der Waals surface area contributed by atoms with E-state index >= 15 is 0 Å². The Bertz CT molecular complexity index is 640. The second-order valence-corrected chi connectivity index (χ2v) is 6.81. The highest BCUT2D eigenvalue weighted by molar-refractivity contribution is 5.92. The van der Waals surface area contributed by atoms with Crippen molar-refractivity contribution in [3.8, 4) is 11.5 Å². The van der Waals surface area contributed by atoms with Crippen LogP contribution in [0.5, 0.6) is 11.5 Å². The number of carboxylic acids is 1. The molecule has 0 unspecified atom stereocenters. The molecule has 5 nitrogen and oxygen atoms in total. The van der Waals surface area contributed by atoms with Gasteiger partial charge in [0.25, 0.3) is 0 Å². The molecule has 0 fully saturated rings. The van der Waals surface area contributed by atoms with Gasteiger partial charge in [0.2, 0.25) is 0 Å². The molecule has 1 rings (SSSR count). The van der Waals surface area contributed by atoms with Gasteiger partial charge in [0.15, 0.2) is 0 Å². The summed E-state index contributed by atoms with van der Waals surface area (Å²) in [5.74, 6) is -1.64. The summed E-state index contributed by atoms with van der Waals surface area (Å²) < 4.78 is 0. The Morgan fingerprint density at radius 2 is 1.74 bits per heavy atom. The highest BCUT2D eigenvalue weighted by Gasteiger charge is 2.16. The summed E-state index contributed by atoms with van der Waals surface area (Å²) in [6.07, 6.45) is 9.66. The lowest BCUT2D eigenvalue weighted by molar-refractivity contribution is 0.0692.